The third-order valence-electron chi connectivity index (χ3n) is 3.23. The van der Waals surface area contributed by atoms with E-state index in [-0.39, 0.29) is 24.3 Å². The summed E-state index contributed by atoms with van der Waals surface area (Å²) in [7, 11) is 1.43. The van der Waals surface area contributed by atoms with Crippen molar-refractivity contribution in [1.29, 1.82) is 0 Å². The summed E-state index contributed by atoms with van der Waals surface area (Å²) in [4.78, 5) is 23.6. The second-order valence-corrected chi connectivity index (χ2v) is 5.08. The van der Waals surface area contributed by atoms with E-state index in [0.717, 1.165) is 4.90 Å². The van der Waals surface area contributed by atoms with Crippen LogP contribution >= 0.6 is 11.6 Å². The third kappa shape index (κ3) is 2.87. The van der Waals surface area contributed by atoms with Gasteiger partial charge >= 0.3 is 5.97 Å². The van der Waals surface area contributed by atoms with Crippen LogP contribution in [0.5, 0.6) is 0 Å². The average molecular weight is 286 g/mol. The van der Waals surface area contributed by atoms with Crippen molar-refractivity contribution in [2.24, 2.45) is 5.92 Å². The molecule has 0 heterocycles. The Bertz CT molecular complexity index is 514. The minimum atomic E-state index is -1.07. The molecule has 0 aromatic heterocycles. The number of likely N-dealkylation sites (N-methyl/N-ethyl adjacent to an activating group) is 1. The summed E-state index contributed by atoms with van der Waals surface area (Å²) in [5, 5.41) is 8.94. The van der Waals surface area contributed by atoms with Crippen molar-refractivity contribution in [3.63, 3.8) is 0 Å². The van der Waals surface area contributed by atoms with Gasteiger partial charge < -0.3 is 10.0 Å². The first-order valence-corrected chi connectivity index (χ1v) is 6.20. The highest BCUT2D eigenvalue weighted by atomic mass is 35.5. The van der Waals surface area contributed by atoms with Gasteiger partial charge in [0, 0.05) is 29.5 Å². The van der Waals surface area contributed by atoms with Crippen molar-refractivity contribution in [2.75, 3.05) is 13.6 Å². The molecule has 1 saturated carbocycles. The third-order valence-corrected chi connectivity index (χ3v) is 3.56. The van der Waals surface area contributed by atoms with E-state index in [1.54, 1.807) is 6.07 Å². The van der Waals surface area contributed by atoms with E-state index in [4.69, 9.17) is 16.7 Å². The molecule has 1 aromatic carbocycles. The lowest BCUT2D eigenvalue weighted by molar-refractivity contribution is -0.144. The fraction of sp³-hybridized carbons (Fsp3) is 0.385. The van der Waals surface area contributed by atoms with Crippen LogP contribution in [0.1, 0.15) is 17.9 Å². The van der Waals surface area contributed by atoms with Gasteiger partial charge in [-0.1, -0.05) is 17.7 Å². The molecule has 1 amide bonds. The second-order valence-electron chi connectivity index (χ2n) is 4.67. The predicted molar refractivity (Wildman–Crippen MR) is 67.5 cm³/mol. The molecule has 0 saturated heterocycles. The molecule has 6 heteroatoms. The van der Waals surface area contributed by atoms with Crippen LogP contribution < -0.4 is 0 Å². The number of halogens is 2. The van der Waals surface area contributed by atoms with Crippen LogP contribution in [-0.2, 0) is 9.59 Å². The Hall–Kier alpha value is -1.62. The molecule has 2 rings (SSSR count). The lowest BCUT2D eigenvalue weighted by Gasteiger charge is -2.14. The van der Waals surface area contributed by atoms with Gasteiger partial charge in [0.15, 0.2) is 0 Å². The molecule has 0 spiro atoms. The number of hydrogen-bond acceptors (Lipinski definition) is 2. The van der Waals surface area contributed by atoms with Crippen LogP contribution in [-0.4, -0.2) is 35.5 Å². The summed E-state index contributed by atoms with van der Waals surface area (Å²) in [6.45, 7) is -0.354. The van der Waals surface area contributed by atoms with Gasteiger partial charge in [0.2, 0.25) is 5.91 Å². The molecule has 4 nitrogen and oxygen atoms in total. The van der Waals surface area contributed by atoms with Gasteiger partial charge in [0.05, 0.1) is 0 Å². The second kappa shape index (κ2) is 5.17. The summed E-state index contributed by atoms with van der Waals surface area (Å²) >= 11 is 5.94. The SMILES string of the molecule is CN(CC(=O)O)C(=O)[C@@H]1C[C@@H]1c1c(F)cccc1Cl. The molecule has 0 bridgehead atoms. The first-order valence-electron chi connectivity index (χ1n) is 5.82. The van der Waals surface area contributed by atoms with Crippen LogP contribution in [0, 0.1) is 11.7 Å². The van der Waals surface area contributed by atoms with Crippen LogP contribution in [0.25, 0.3) is 0 Å². The molecule has 0 aliphatic heterocycles. The average Bonchev–Trinajstić information content (AvgIpc) is 3.07. The summed E-state index contributed by atoms with van der Waals surface area (Å²) in [6.07, 6.45) is 0.503. The highest BCUT2D eigenvalue weighted by Gasteiger charge is 2.47. The van der Waals surface area contributed by atoms with Crippen molar-refractivity contribution in [2.45, 2.75) is 12.3 Å². The molecule has 1 aliphatic rings. The number of carbonyl (C=O) groups is 2. The van der Waals surface area contributed by atoms with Crippen LogP contribution in [0.4, 0.5) is 4.39 Å². The number of benzene rings is 1. The van der Waals surface area contributed by atoms with Gasteiger partial charge in [-0.05, 0) is 18.6 Å². The van der Waals surface area contributed by atoms with Gasteiger partial charge in [0.1, 0.15) is 12.4 Å². The molecular weight excluding hydrogens is 273 g/mol. The Morgan fingerprint density at radius 2 is 2.21 bits per heavy atom. The standard InChI is InChI=1S/C13H13ClFNO3/c1-16(6-11(17)18)13(19)8-5-7(8)12-9(14)3-2-4-10(12)15/h2-4,7-8H,5-6H2,1H3,(H,17,18)/t7-,8+/m0/s1. The summed E-state index contributed by atoms with van der Waals surface area (Å²) in [5.74, 6) is -2.41. The summed E-state index contributed by atoms with van der Waals surface area (Å²) in [6, 6.07) is 4.40. The lowest BCUT2D eigenvalue weighted by Crippen LogP contribution is -2.33. The quantitative estimate of drug-likeness (QED) is 0.922. The maximum atomic E-state index is 13.7. The summed E-state index contributed by atoms with van der Waals surface area (Å²) in [5.41, 5.74) is 0.353. The minimum Gasteiger partial charge on any atom is -0.480 e. The van der Waals surface area contributed by atoms with Gasteiger partial charge in [-0.2, -0.15) is 0 Å². The first-order chi connectivity index (χ1) is 8.91. The molecule has 1 fully saturated rings. The van der Waals surface area contributed by atoms with E-state index < -0.39 is 11.8 Å². The fourth-order valence-electron chi connectivity index (χ4n) is 2.22. The Balaban J connectivity index is 2.09. The number of aliphatic carboxylic acids is 1. The zero-order chi connectivity index (χ0) is 14.2. The van der Waals surface area contributed by atoms with Crippen molar-refractivity contribution in [3.05, 3.63) is 34.6 Å². The molecule has 0 radical (unpaired) electrons. The topological polar surface area (TPSA) is 57.6 Å². The van der Waals surface area contributed by atoms with Gasteiger partial charge in [-0.15, -0.1) is 0 Å². The first kappa shape index (κ1) is 13.8. The number of carbonyl (C=O) groups excluding carboxylic acids is 1. The maximum Gasteiger partial charge on any atom is 0.323 e. The Kier molecular flexibility index (Phi) is 3.75. The normalized spacial score (nSPS) is 21.0. The predicted octanol–water partition coefficient (Wildman–Crippen LogP) is 2.13. The number of amides is 1. The maximum absolute atomic E-state index is 13.7. The monoisotopic (exact) mass is 285 g/mol. The van der Waals surface area contributed by atoms with E-state index in [1.807, 2.05) is 0 Å². The van der Waals surface area contributed by atoms with Gasteiger partial charge in [0.25, 0.3) is 0 Å². The Labute approximate surface area is 114 Å². The number of carboxylic acids is 1. The van der Waals surface area contributed by atoms with Crippen molar-refractivity contribution in [1.82, 2.24) is 4.90 Å². The zero-order valence-corrected chi connectivity index (χ0v) is 11.0. The largest absolute Gasteiger partial charge is 0.480 e. The van der Waals surface area contributed by atoms with E-state index in [0.29, 0.717) is 17.0 Å². The molecule has 102 valence electrons. The van der Waals surface area contributed by atoms with Crippen LogP contribution in [0.2, 0.25) is 5.02 Å². The highest BCUT2D eigenvalue weighted by Crippen LogP contribution is 2.51. The highest BCUT2D eigenvalue weighted by molar-refractivity contribution is 6.31. The van der Waals surface area contributed by atoms with Gasteiger partial charge in [-0.3, -0.25) is 9.59 Å². The molecular formula is C13H13ClFNO3. The lowest BCUT2D eigenvalue weighted by atomic mass is 10.1. The molecule has 0 unspecified atom stereocenters. The van der Waals surface area contributed by atoms with Crippen molar-refractivity contribution >= 4 is 23.5 Å². The van der Waals surface area contributed by atoms with Crippen LogP contribution in [0.3, 0.4) is 0 Å². The van der Waals surface area contributed by atoms with E-state index in [9.17, 15) is 14.0 Å². The summed E-state index contributed by atoms with van der Waals surface area (Å²) < 4.78 is 13.7. The number of hydrogen-bond donors (Lipinski definition) is 1. The number of carboxylic acid groups (broad SMARTS) is 1. The van der Waals surface area contributed by atoms with Gasteiger partial charge in [-0.25, -0.2) is 4.39 Å². The van der Waals surface area contributed by atoms with E-state index in [2.05, 4.69) is 0 Å². The molecule has 1 N–H and O–H groups in total. The fourth-order valence-corrected chi connectivity index (χ4v) is 2.52. The smallest absolute Gasteiger partial charge is 0.323 e. The van der Waals surface area contributed by atoms with Crippen molar-refractivity contribution in [3.8, 4) is 0 Å². The van der Waals surface area contributed by atoms with Crippen LogP contribution in [0.15, 0.2) is 18.2 Å². The zero-order valence-electron chi connectivity index (χ0n) is 10.3. The Morgan fingerprint density at radius 1 is 1.53 bits per heavy atom. The Morgan fingerprint density at radius 3 is 2.79 bits per heavy atom. The van der Waals surface area contributed by atoms with E-state index >= 15 is 0 Å². The van der Waals surface area contributed by atoms with E-state index in [1.165, 1.54) is 19.2 Å². The number of rotatable bonds is 4. The molecule has 2 atom stereocenters. The van der Waals surface area contributed by atoms with Crippen molar-refractivity contribution < 1.29 is 19.1 Å². The number of nitrogens with zero attached hydrogens (tertiary/aromatic N) is 1. The molecule has 19 heavy (non-hydrogen) atoms. The molecule has 1 aliphatic carbocycles. The molecule has 1 aromatic rings. The minimum absolute atomic E-state index is 0.252.